The molecule has 1 heterocycles. The van der Waals surface area contributed by atoms with Crippen LogP contribution in [-0.4, -0.2) is 24.0 Å². The number of hydrogen-bond acceptors (Lipinski definition) is 6. The van der Waals surface area contributed by atoms with Crippen molar-refractivity contribution in [2.45, 2.75) is 0 Å². The smallest absolute Gasteiger partial charge is 0.316 e. The molecule has 3 aromatic carbocycles. The molecule has 5 N–H and O–H groups in total. The lowest BCUT2D eigenvalue weighted by Crippen LogP contribution is -2.22. The molecular formula is C21H17N5O5. The van der Waals surface area contributed by atoms with Crippen molar-refractivity contribution in [3.63, 3.8) is 0 Å². The van der Waals surface area contributed by atoms with Crippen molar-refractivity contribution in [3.05, 3.63) is 70.3 Å². The van der Waals surface area contributed by atoms with Crippen LogP contribution >= 0.6 is 0 Å². The molecule has 4 rings (SSSR count). The van der Waals surface area contributed by atoms with Crippen LogP contribution in [-0.2, 0) is 0 Å². The Morgan fingerprint density at radius 3 is 2.39 bits per heavy atom. The Kier molecular flexibility index (Phi) is 4.88. The fourth-order valence-electron chi connectivity index (χ4n) is 3.42. The molecule has 0 bridgehead atoms. The van der Waals surface area contributed by atoms with Crippen molar-refractivity contribution in [2.24, 2.45) is 5.73 Å². The predicted octanol–water partition coefficient (Wildman–Crippen LogP) is 4.07. The molecule has 0 atom stereocenters. The lowest BCUT2D eigenvalue weighted by molar-refractivity contribution is -0.385. The number of amides is 3. The molecule has 0 aromatic heterocycles. The Bertz CT molecular complexity index is 1240. The van der Waals surface area contributed by atoms with E-state index in [0.717, 1.165) is 0 Å². The van der Waals surface area contributed by atoms with Gasteiger partial charge in [-0.15, -0.1) is 0 Å². The summed E-state index contributed by atoms with van der Waals surface area (Å²) >= 11 is 0. The van der Waals surface area contributed by atoms with Gasteiger partial charge in [-0.1, -0.05) is 12.1 Å². The Hall–Kier alpha value is -4.60. The summed E-state index contributed by atoms with van der Waals surface area (Å²) in [6.45, 7) is 0. The van der Waals surface area contributed by atoms with Crippen molar-refractivity contribution in [3.8, 4) is 16.9 Å². The first-order valence-corrected chi connectivity index (χ1v) is 9.12. The van der Waals surface area contributed by atoms with Gasteiger partial charge in [-0.2, -0.15) is 0 Å². The van der Waals surface area contributed by atoms with Gasteiger partial charge in [-0.25, -0.2) is 4.79 Å². The Morgan fingerprint density at radius 1 is 1.03 bits per heavy atom. The van der Waals surface area contributed by atoms with Crippen molar-refractivity contribution >= 4 is 40.4 Å². The third-order valence-electron chi connectivity index (χ3n) is 4.78. The molecule has 0 saturated heterocycles. The summed E-state index contributed by atoms with van der Waals surface area (Å²) in [6.07, 6.45) is 0. The lowest BCUT2D eigenvalue weighted by Gasteiger charge is -2.15. The SMILES string of the molecule is COc1cc(-c2cc(NC(N)=O)c3c(c2)Nc2ccccc2NC3=O)ccc1[N+](=O)[O-]. The zero-order chi connectivity index (χ0) is 22.1. The largest absolute Gasteiger partial charge is 0.490 e. The van der Waals surface area contributed by atoms with E-state index < -0.39 is 16.9 Å². The minimum Gasteiger partial charge on any atom is -0.490 e. The Labute approximate surface area is 176 Å². The highest BCUT2D eigenvalue weighted by Gasteiger charge is 2.25. The van der Waals surface area contributed by atoms with E-state index in [-0.39, 0.29) is 22.7 Å². The summed E-state index contributed by atoms with van der Waals surface area (Å²) in [4.78, 5) is 35.2. The Morgan fingerprint density at radius 2 is 1.74 bits per heavy atom. The van der Waals surface area contributed by atoms with Crippen LogP contribution in [0.1, 0.15) is 10.4 Å². The van der Waals surface area contributed by atoms with Crippen LogP contribution in [0.4, 0.5) is 33.2 Å². The number of para-hydroxylation sites is 2. The third kappa shape index (κ3) is 3.69. The van der Waals surface area contributed by atoms with E-state index in [9.17, 15) is 19.7 Å². The normalized spacial score (nSPS) is 11.8. The van der Waals surface area contributed by atoms with Crippen molar-refractivity contribution in [1.29, 1.82) is 0 Å². The molecule has 156 valence electrons. The van der Waals surface area contributed by atoms with Crippen LogP contribution in [0.3, 0.4) is 0 Å². The number of carbonyl (C=O) groups is 2. The highest BCUT2D eigenvalue weighted by molar-refractivity contribution is 6.17. The number of benzene rings is 3. The number of hydrogen-bond donors (Lipinski definition) is 4. The maximum atomic E-state index is 12.9. The van der Waals surface area contributed by atoms with E-state index in [2.05, 4.69) is 16.0 Å². The quantitative estimate of drug-likeness (QED) is 0.370. The number of anilines is 4. The summed E-state index contributed by atoms with van der Waals surface area (Å²) in [7, 11) is 1.34. The fourth-order valence-corrected chi connectivity index (χ4v) is 3.42. The molecule has 31 heavy (non-hydrogen) atoms. The highest BCUT2D eigenvalue weighted by atomic mass is 16.6. The van der Waals surface area contributed by atoms with Gasteiger partial charge < -0.3 is 26.4 Å². The second kappa shape index (κ2) is 7.67. The molecule has 0 spiro atoms. The molecule has 1 aliphatic heterocycles. The first-order valence-electron chi connectivity index (χ1n) is 9.12. The number of primary amides is 1. The maximum Gasteiger partial charge on any atom is 0.316 e. The van der Waals surface area contributed by atoms with Crippen molar-refractivity contribution in [1.82, 2.24) is 0 Å². The van der Waals surface area contributed by atoms with Gasteiger partial charge in [0.05, 0.1) is 40.3 Å². The Balaban J connectivity index is 1.90. The maximum absolute atomic E-state index is 12.9. The molecule has 0 unspecified atom stereocenters. The summed E-state index contributed by atoms with van der Waals surface area (Å²) < 4.78 is 5.15. The monoisotopic (exact) mass is 419 g/mol. The number of carbonyl (C=O) groups excluding carboxylic acids is 2. The van der Waals surface area contributed by atoms with Crippen LogP contribution in [0.5, 0.6) is 5.75 Å². The molecule has 0 radical (unpaired) electrons. The molecular weight excluding hydrogens is 402 g/mol. The van der Waals surface area contributed by atoms with Crippen LogP contribution < -0.4 is 26.4 Å². The van der Waals surface area contributed by atoms with Crippen LogP contribution in [0.25, 0.3) is 11.1 Å². The number of nitro benzene ring substituents is 1. The van der Waals surface area contributed by atoms with E-state index >= 15 is 0 Å². The van der Waals surface area contributed by atoms with Crippen LogP contribution in [0.2, 0.25) is 0 Å². The summed E-state index contributed by atoms with van der Waals surface area (Å²) in [5.41, 5.74) is 8.36. The van der Waals surface area contributed by atoms with Gasteiger partial charge in [-0.05, 0) is 47.5 Å². The third-order valence-corrected chi connectivity index (χ3v) is 4.78. The number of urea groups is 1. The number of fused-ring (bicyclic) bond motifs is 2. The number of methoxy groups -OCH3 is 1. The van der Waals surface area contributed by atoms with Gasteiger partial charge in [0.2, 0.25) is 0 Å². The molecule has 3 aromatic rings. The van der Waals surface area contributed by atoms with Crippen LogP contribution in [0.15, 0.2) is 54.6 Å². The topological polar surface area (TPSA) is 149 Å². The molecule has 10 nitrogen and oxygen atoms in total. The molecule has 0 aliphatic carbocycles. The molecule has 0 fully saturated rings. The van der Waals surface area contributed by atoms with Gasteiger partial charge in [-0.3, -0.25) is 14.9 Å². The van der Waals surface area contributed by atoms with Gasteiger partial charge >= 0.3 is 11.7 Å². The summed E-state index contributed by atoms with van der Waals surface area (Å²) in [5, 5.41) is 19.7. The van der Waals surface area contributed by atoms with Gasteiger partial charge in [0.25, 0.3) is 5.91 Å². The molecule has 3 amide bonds. The minimum absolute atomic E-state index is 0.0814. The fraction of sp³-hybridized carbons (Fsp3) is 0.0476. The van der Waals surface area contributed by atoms with E-state index in [1.165, 1.54) is 19.2 Å². The molecule has 1 aliphatic rings. The zero-order valence-electron chi connectivity index (χ0n) is 16.3. The van der Waals surface area contributed by atoms with Crippen molar-refractivity contribution < 1.29 is 19.2 Å². The number of nitrogens with two attached hydrogens (primary N) is 1. The average molecular weight is 419 g/mol. The average Bonchev–Trinajstić information content (AvgIpc) is 2.88. The van der Waals surface area contributed by atoms with E-state index in [0.29, 0.717) is 28.2 Å². The zero-order valence-corrected chi connectivity index (χ0v) is 16.3. The summed E-state index contributed by atoms with van der Waals surface area (Å²) in [6, 6.07) is 14.0. The van der Waals surface area contributed by atoms with Gasteiger partial charge in [0, 0.05) is 6.07 Å². The van der Waals surface area contributed by atoms with Gasteiger partial charge in [0.1, 0.15) is 0 Å². The minimum atomic E-state index is -0.838. The number of nitro groups is 1. The molecule has 0 saturated carbocycles. The lowest BCUT2D eigenvalue weighted by atomic mass is 9.99. The first-order chi connectivity index (χ1) is 14.9. The summed E-state index contributed by atoms with van der Waals surface area (Å²) in [5.74, 6) is -0.345. The standard InChI is InChI=1S/C21H17N5O5/c1-31-18-10-11(6-7-17(18)26(29)30)12-8-15-19(16(9-12)25-21(22)28)20(27)24-14-5-3-2-4-13(14)23-15/h2-10,23H,1H3,(H,24,27)(H3,22,25,28). The second-order valence-corrected chi connectivity index (χ2v) is 6.70. The van der Waals surface area contributed by atoms with Crippen LogP contribution in [0, 0.1) is 10.1 Å². The number of nitrogens with zero attached hydrogens (tertiary/aromatic N) is 1. The van der Waals surface area contributed by atoms with Crippen molar-refractivity contribution in [2.75, 3.05) is 23.1 Å². The number of ether oxygens (including phenoxy) is 1. The predicted molar refractivity (Wildman–Crippen MR) is 116 cm³/mol. The highest BCUT2D eigenvalue weighted by Crippen LogP contribution is 2.40. The van der Waals surface area contributed by atoms with E-state index in [1.54, 1.807) is 36.4 Å². The van der Waals surface area contributed by atoms with Gasteiger partial charge in [0.15, 0.2) is 5.75 Å². The first kappa shape index (κ1) is 19.7. The number of rotatable bonds is 4. The second-order valence-electron chi connectivity index (χ2n) is 6.70. The molecule has 10 heteroatoms. The van der Waals surface area contributed by atoms with E-state index in [1.807, 2.05) is 6.07 Å². The number of nitrogens with one attached hydrogen (secondary N) is 3. The van der Waals surface area contributed by atoms with E-state index in [4.69, 9.17) is 10.5 Å².